The second-order valence-electron chi connectivity index (χ2n) is 3.01. The average molecular weight is 225 g/mol. The molecule has 0 atom stereocenters. The third kappa shape index (κ3) is 1.89. The van der Waals surface area contributed by atoms with Gasteiger partial charge in [0.2, 0.25) is 0 Å². The van der Waals surface area contributed by atoms with Gasteiger partial charge < -0.3 is 4.98 Å². The summed E-state index contributed by atoms with van der Waals surface area (Å²) in [6.45, 7) is 1.47. The first kappa shape index (κ1) is 11.4. The van der Waals surface area contributed by atoms with Gasteiger partial charge in [-0.1, -0.05) is 0 Å². The van der Waals surface area contributed by atoms with Crippen LogP contribution in [0.2, 0.25) is 0 Å². The molecule has 2 rings (SSSR count). The number of nitrogens with zero attached hydrogens (tertiary/aromatic N) is 1. The molecule has 0 aliphatic rings. The maximum absolute atomic E-state index is 11.3. The lowest BCUT2D eigenvalue weighted by Crippen LogP contribution is -2.09. The Hall–Kier alpha value is -1.68. The highest BCUT2D eigenvalue weighted by Gasteiger charge is 2.07. The predicted molar refractivity (Wildman–Crippen MR) is 59.6 cm³/mol. The Morgan fingerprint density at radius 2 is 2.13 bits per heavy atom. The zero-order valence-electron chi connectivity index (χ0n) is 7.98. The van der Waals surface area contributed by atoms with Gasteiger partial charge in [-0.25, -0.2) is 0 Å². The smallest absolute Gasteiger partial charge is 0.257 e. The molecule has 0 saturated heterocycles. The van der Waals surface area contributed by atoms with Crippen molar-refractivity contribution in [3.63, 3.8) is 0 Å². The summed E-state index contributed by atoms with van der Waals surface area (Å²) in [5.41, 5.74) is 0.292. The molecule has 2 aromatic heterocycles. The van der Waals surface area contributed by atoms with Crippen molar-refractivity contribution >= 4 is 29.0 Å². The Balaban J connectivity index is 0.00000112. The highest BCUT2D eigenvalue weighted by molar-refractivity contribution is 6.06. The number of aromatic amines is 1. The molecule has 0 bridgehead atoms. The first-order chi connectivity index (χ1) is 6.70. The second-order valence-corrected chi connectivity index (χ2v) is 3.01. The van der Waals surface area contributed by atoms with Gasteiger partial charge in [-0.3, -0.25) is 14.6 Å². The van der Waals surface area contributed by atoms with E-state index in [4.69, 9.17) is 0 Å². The number of hydrogen-bond donors (Lipinski definition) is 1. The minimum Gasteiger partial charge on any atom is -0.328 e. The summed E-state index contributed by atoms with van der Waals surface area (Å²) in [4.78, 5) is 28.9. The van der Waals surface area contributed by atoms with Crippen molar-refractivity contribution in [2.45, 2.75) is 6.92 Å². The highest BCUT2D eigenvalue weighted by atomic mass is 35.5. The number of rotatable bonds is 1. The van der Waals surface area contributed by atoms with Crippen molar-refractivity contribution in [3.05, 3.63) is 40.6 Å². The van der Waals surface area contributed by atoms with Crippen molar-refractivity contribution in [1.82, 2.24) is 9.97 Å². The van der Waals surface area contributed by atoms with Gasteiger partial charge in [0.25, 0.3) is 5.56 Å². The fourth-order valence-corrected chi connectivity index (χ4v) is 1.39. The molecule has 15 heavy (non-hydrogen) atoms. The van der Waals surface area contributed by atoms with Gasteiger partial charge in [0, 0.05) is 29.5 Å². The summed E-state index contributed by atoms with van der Waals surface area (Å²) in [5, 5.41) is 1.09. The van der Waals surface area contributed by atoms with Crippen molar-refractivity contribution in [2.24, 2.45) is 0 Å². The van der Waals surface area contributed by atoms with Crippen LogP contribution in [0.25, 0.3) is 10.8 Å². The van der Waals surface area contributed by atoms with E-state index in [-0.39, 0.29) is 23.7 Å². The molecule has 2 aromatic rings. The lowest BCUT2D eigenvalue weighted by molar-refractivity contribution is 0.101. The van der Waals surface area contributed by atoms with Crippen LogP contribution in [-0.2, 0) is 0 Å². The van der Waals surface area contributed by atoms with E-state index in [9.17, 15) is 9.59 Å². The van der Waals surface area contributed by atoms with Crippen LogP contribution in [0, 0.1) is 0 Å². The van der Waals surface area contributed by atoms with E-state index < -0.39 is 0 Å². The number of hydrogen-bond acceptors (Lipinski definition) is 3. The number of ketones is 1. The van der Waals surface area contributed by atoms with Crippen molar-refractivity contribution in [3.8, 4) is 0 Å². The van der Waals surface area contributed by atoms with Crippen molar-refractivity contribution in [2.75, 3.05) is 0 Å². The highest BCUT2D eigenvalue weighted by Crippen LogP contribution is 2.12. The minimum atomic E-state index is -0.224. The third-order valence-electron chi connectivity index (χ3n) is 2.08. The van der Waals surface area contributed by atoms with Crippen LogP contribution in [0.1, 0.15) is 17.3 Å². The molecular weight excluding hydrogens is 216 g/mol. The number of pyridine rings is 2. The molecule has 0 aliphatic heterocycles. The fraction of sp³-hybridized carbons (Fsp3) is 0.100. The molecule has 0 radical (unpaired) electrons. The van der Waals surface area contributed by atoms with Gasteiger partial charge >= 0.3 is 0 Å². The SMILES string of the molecule is CC(=O)c1c[nH]c(=O)c2cnccc12.Cl. The number of carbonyl (C=O) groups excluding carboxylic acids is 1. The zero-order chi connectivity index (χ0) is 10.1. The number of fused-ring (bicyclic) bond motifs is 1. The first-order valence-corrected chi connectivity index (χ1v) is 4.16. The topological polar surface area (TPSA) is 62.8 Å². The third-order valence-corrected chi connectivity index (χ3v) is 2.08. The molecule has 4 nitrogen and oxygen atoms in total. The van der Waals surface area contributed by atoms with Crippen LogP contribution in [0.3, 0.4) is 0 Å². The molecule has 0 aliphatic carbocycles. The first-order valence-electron chi connectivity index (χ1n) is 4.16. The minimum absolute atomic E-state index is 0. The molecule has 1 N–H and O–H groups in total. The molecule has 78 valence electrons. The number of H-pyrrole nitrogens is 1. The molecule has 0 fully saturated rings. The largest absolute Gasteiger partial charge is 0.328 e. The monoisotopic (exact) mass is 224 g/mol. The van der Waals surface area contributed by atoms with E-state index in [1.165, 1.54) is 19.3 Å². The quantitative estimate of drug-likeness (QED) is 0.748. The van der Waals surface area contributed by atoms with E-state index in [2.05, 4.69) is 9.97 Å². The molecule has 5 heteroatoms. The standard InChI is InChI=1S/C10H8N2O2.ClH/c1-6(13)8-5-12-10(14)9-4-11-3-2-7(8)9;/h2-5H,1H3,(H,12,14);1H. The molecule has 0 spiro atoms. The van der Waals surface area contributed by atoms with E-state index in [1.807, 2.05) is 0 Å². The summed E-state index contributed by atoms with van der Waals surface area (Å²) in [5.74, 6) is -0.0718. The second kappa shape index (κ2) is 4.23. The van der Waals surface area contributed by atoms with Crippen LogP contribution in [-0.4, -0.2) is 15.8 Å². The van der Waals surface area contributed by atoms with Crippen LogP contribution < -0.4 is 5.56 Å². The number of carbonyl (C=O) groups is 1. The van der Waals surface area contributed by atoms with E-state index in [0.29, 0.717) is 16.3 Å². The van der Waals surface area contributed by atoms with Crippen molar-refractivity contribution in [1.29, 1.82) is 0 Å². The lowest BCUT2D eigenvalue weighted by atomic mass is 10.1. The van der Waals surface area contributed by atoms with Gasteiger partial charge in [-0.2, -0.15) is 0 Å². The normalized spacial score (nSPS) is 9.67. The van der Waals surface area contributed by atoms with Crippen LogP contribution in [0.4, 0.5) is 0 Å². The number of halogens is 1. The summed E-state index contributed by atoms with van der Waals surface area (Å²) in [7, 11) is 0. The van der Waals surface area contributed by atoms with Gasteiger partial charge in [0.05, 0.1) is 5.39 Å². The molecule has 0 amide bonds. The Morgan fingerprint density at radius 1 is 1.40 bits per heavy atom. The zero-order valence-corrected chi connectivity index (χ0v) is 8.80. The Morgan fingerprint density at radius 3 is 2.80 bits per heavy atom. The summed E-state index contributed by atoms with van der Waals surface area (Å²) in [6, 6.07) is 1.67. The molecule has 2 heterocycles. The maximum atomic E-state index is 11.3. The van der Waals surface area contributed by atoms with Gasteiger partial charge in [-0.15, -0.1) is 12.4 Å². The van der Waals surface area contributed by atoms with Crippen LogP contribution in [0.5, 0.6) is 0 Å². The predicted octanol–water partition coefficient (Wildman–Crippen LogP) is 1.55. The summed E-state index contributed by atoms with van der Waals surface area (Å²) < 4.78 is 0. The number of Topliss-reactive ketones (excluding diaryl/α,β-unsaturated/α-hetero) is 1. The maximum Gasteiger partial charge on any atom is 0.257 e. The van der Waals surface area contributed by atoms with Gasteiger partial charge in [0.15, 0.2) is 5.78 Å². The summed E-state index contributed by atoms with van der Waals surface area (Å²) >= 11 is 0. The van der Waals surface area contributed by atoms with E-state index >= 15 is 0 Å². The van der Waals surface area contributed by atoms with Gasteiger partial charge in [-0.05, 0) is 13.0 Å². The lowest BCUT2D eigenvalue weighted by Gasteiger charge is -2.00. The summed E-state index contributed by atoms with van der Waals surface area (Å²) in [6.07, 6.45) is 4.46. The fourth-order valence-electron chi connectivity index (χ4n) is 1.39. The number of nitrogens with one attached hydrogen (secondary N) is 1. The van der Waals surface area contributed by atoms with Crippen LogP contribution in [0.15, 0.2) is 29.5 Å². The van der Waals surface area contributed by atoms with E-state index in [0.717, 1.165) is 0 Å². The molecule has 0 aromatic carbocycles. The van der Waals surface area contributed by atoms with Crippen molar-refractivity contribution < 1.29 is 4.79 Å². The molecule has 0 unspecified atom stereocenters. The Kier molecular flexibility index (Phi) is 3.21. The number of aromatic nitrogens is 2. The molecule has 0 saturated carbocycles. The van der Waals surface area contributed by atoms with Gasteiger partial charge in [0.1, 0.15) is 0 Å². The molecular formula is C10H9ClN2O2. The Bertz CT molecular complexity index is 563. The Labute approximate surface area is 91.8 Å². The average Bonchev–Trinajstić information content (AvgIpc) is 2.18. The van der Waals surface area contributed by atoms with Crippen LogP contribution >= 0.6 is 12.4 Å². The van der Waals surface area contributed by atoms with E-state index in [1.54, 1.807) is 12.3 Å².